The number of aromatic nitrogens is 2. The SMILES string of the molecule is [2H]c1cc([2H])c2c3c([2H])c([2H])c([2H])c4c5c([2H])c(-c6c([2H])c([2H])c7c(c6[2H])c6c([2H])c([2H])c(C)c8c9c([2H])c([2H])c([2H])c([2H])c9n7c68)c([2H])c([2H])c5n(c2c1[2H])c34. The lowest BCUT2D eigenvalue weighted by atomic mass is 9.99. The van der Waals surface area contributed by atoms with Crippen LogP contribution in [0.5, 0.6) is 0 Å². The van der Waals surface area contributed by atoms with E-state index in [2.05, 4.69) is 0 Å². The van der Waals surface area contributed by atoms with Gasteiger partial charge in [0, 0.05) is 43.1 Å². The van der Waals surface area contributed by atoms with Crippen LogP contribution in [-0.4, -0.2) is 8.80 Å². The van der Waals surface area contributed by atoms with Crippen LogP contribution in [0.25, 0.3) is 87.3 Å². The van der Waals surface area contributed by atoms with Gasteiger partial charge in [0.1, 0.15) is 0 Å². The molecule has 0 aliphatic carbocycles. The molecule has 0 aliphatic heterocycles. The van der Waals surface area contributed by atoms with E-state index in [1.54, 1.807) is 0 Å². The number of hydrogen-bond acceptors (Lipinski definition) is 0. The average molecular weight is 513 g/mol. The van der Waals surface area contributed by atoms with Crippen LogP contribution < -0.4 is 0 Å². The molecule has 0 aliphatic rings. The predicted molar refractivity (Wildman–Crippen MR) is 166 cm³/mol. The molecule has 180 valence electrons. The summed E-state index contributed by atoms with van der Waals surface area (Å²) in [4.78, 5) is 0. The van der Waals surface area contributed by atoms with Gasteiger partial charge in [-0.15, -0.1) is 0 Å². The highest BCUT2D eigenvalue weighted by Crippen LogP contribution is 2.43. The number of rotatable bonds is 1. The van der Waals surface area contributed by atoms with Crippen LogP contribution in [0.1, 0.15) is 30.2 Å². The standard InChI is InChI=1S/C37H22N2/c1-21-13-16-27-30-20-23(15-18-34(30)39-32-12-5-3-8-28(32)35(21)37(27)39)22-14-17-33-29(19-22)26-10-6-9-25-24-7-2-4-11-31(24)38(33)36(25)26/h2-20H,1H3/i3D,4D,5D,6D,7D,8D,9D,10D,11D,12D,13D,14D,15D,16D,17D,18D,19D,20D. The maximum atomic E-state index is 9.64. The summed E-state index contributed by atoms with van der Waals surface area (Å²) in [7, 11) is 0. The summed E-state index contributed by atoms with van der Waals surface area (Å²) in [5, 5.41) is -0.240. The zero-order valence-electron chi connectivity index (χ0n) is 38.0. The Morgan fingerprint density at radius 2 is 1.05 bits per heavy atom. The summed E-state index contributed by atoms with van der Waals surface area (Å²) < 4.78 is 164. The van der Waals surface area contributed by atoms with Crippen LogP contribution >= 0.6 is 0 Å². The molecule has 0 bridgehead atoms. The van der Waals surface area contributed by atoms with Crippen molar-refractivity contribution in [2.75, 3.05) is 0 Å². The third kappa shape index (κ3) is 2.26. The smallest absolute Gasteiger partial charge is 0.0645 e. The van der Waals surface area contributed by atoms with Gasteiger partial charge in [0.05, 0.1) is 57.8 Å². The number of hydrogen-bond donors (Lipinski definition) is 0. The molecule has 0 N–H and O–H groups in total. The quantitative estimate of drug-likeness (QED) is 0.207. The van der Waals surface area contributed by atoms with E-state index in [9.17, 15) is 8.22 Å². The highest BCUT2D eigenvalue weighted by molar-refractivity contribution is 6.25. The Kier molecular flexibility index (Phi) is 1.69. The zero-order valence-corrected chi connectivity index (χ0v) is 20.0. The lowest BCUT2D eigenvalue weighted by Gasteiger charge is -2.05. The number of nitrogens with zero attached hydrogens (tertiary/aromatic N) is 2. The van der Waals surface area contributed by atoms with E-state index in [0.29, 0.717) is 0 Å². The Morgan fingerprint density at radius 1 is 0.462 bits per heavy atom. The largest absolute Gasteiger partial charge is 0.308 e. The van der Waals surface area contributed by atoms with Crippen molar-refractivity contribution in [2.24, 2.45) is 0 Å². The highest BCUT2D eigenvalue weighted by atomic mass is 14.9. The molecule has 39 heavy (non-hydrogen) atoms. The van der Waals surface area contributed by atoms with Gasteiger partial charge >= 0.3 is 0 Å². The fourth-order valence-corrected chi connectivity index (χ4v) is 6.05. The normalized spacial score (nSPS) is 19.2. The summed E-state index contributed by atoms with van der Waals surface area (Å²) in [5.41, 5.74) is -1.06. The minimum absolute atomic E-state index is 0.0133. The predicted octanol–water partition coefficient (Wildman–Crippen LogP) is 9.96. The molecule has 0 atom stereocenters. The summed E-state index contributed by atoms with van der Waals surface area (Å²) in [6.45, 7) is 1.53. The molecule has 6 aromatic carbocycles. The molecular weight excluding hydrogens is 472 g/mol. The van der Waals surface area contributed by atoms with Gasteiger partial charge in [-0.2, -0.15) is 0 Å². The molecule has 2 heteroatoms. The van der Waals surface area contributed by atoms with Gasteiger partial charge in [0.2, 0.25) is 0 Å². The second-order valence-corrected chi connectivity index (χ2v) is 9.57. The van der Waals surface area contributed by atoms with Crippen molar-refractivity contribution >= 4 is 76.2 Å². The molecule has 0 saturated carbocycles. The first-order valence-corrected chi connectivity index (χ1v) is 12.2. The number of para-hydroxylation sites is 3. The third-order valence-corrected chi connectivity index (χ3v) is 7.63. The molecule has 2 nitrogen and oxygen atoms in total. The molecular formula is C37H22N2. The van der Waals surface area contributed by atoms with E-state index >= 15 is 0 Å². The Labute approximate surface area is 248 Å². The first-order chi connectivity index (χ1) is 26.8. The summed E-state index contributed by atoms with van der Waals surface area (Å²) in [6, 6.07) is -7.82. The van der Waals surface area contributed by atoms with E-state index in [1.165, 1.54) is 15.7 Å². The van der Waals surface area contributed by atoms with Crippen molar-refractivity contribution < 1.29 is 24.7 Å². The van der Waals surface area contributed by atoms with E-state index in [-0.39, 0.29) is 112 Å². The van der Waals surface area contributed by atoms with Gasteiger partial charge in [-0.1, -0.05) is 78.6 Å². The van der Waals surface area contributed by atoms with Gasteiger partial charge < -0.3 is 8.80 Å². The van der Waals surface area contributed by atoms with E-state index in [0.717, 1.165) is 6.07 Å². The minimum Gasteiger partial charge on any atom is -0.308 e. The Bertz CT molecular complexity index is 3620. The maximum absolute atomic E-state index is 9.64. The van der Waals surface area contributed by atoms with E-state index in [4.69, 9.17) is 16.4 Å². The van der Waals surface area contributed by atoms with E-state index in [1.807, 2.05) is 0 Å². The first kappa shape index (κ1) is 9.91. The summed E-state index contributed by atoms with van der Waals surface area (Å²) in [6.07, 6.45) is 0. The van der Waals surface area contributed by atoms with Gasteiger partial charge in [-0.05, 0) is 59.9 Å². The van der Waals surface area contributed by atoms with Crippen molar-refractivity contribution in [3.63, 3.8) is 0 Å². The topological polar surface area (TPSA) is 8.82 Å². The fraction of sp³-hybridized carbons (Fsp3) is 0.0270. The Balaban J connectivity index is 1.46. The molecule has 0 saturated heterocycles. The van der Waals surface area contributed by atoms with E-state index < -0.39 is 89.7 Å². The third-order valence-electron chi connectivity index (χ3n) is 7.63. The minimum atomic E-state index is -0.690. The maximum Gasteiger partial charge on any atom is 0.0645 e. The van der Waals surface area contributed by atoms with Crippen LogP contribution in [-0.2, 0) is 0 Å². The second kappa shape index (κ2) is 6.67. The molecule has 0 unspecified atom stereocenters. The summed E-state index contributed by atoms with van der Waals surface area (Å²) >= 11 is 0. The molecule has 0 amide bonds. The van der Waals surface area contributed by atoms with Gasteiger partial charge in [-0.25, -0.2) is 0 Å². The number of benzene rings is 6. The van der Waals surface area contributed by atoms with Crippen molar-refractivity contribution in [2.45, 2.75) is 6.92 Å². The molecule has 0 radical (unpaired) electrons. The highest BCUT2D eigenvalue weighted by Gasteiger charge is 2.20. The first-order valence-electron chi connectivity index (χ1n) is 21.2. The van der Waals surface area contributed by atoms with Crippen molar-refractivity contribution in [3.05, 3.63) is 120 Å². The van der Waals surface area contributed by atoms with Crippen molar-refractivity contribution in [1.29, 1.82) is 0 Å². The molecule has 4 aromatic heterocycles. The van der Waals surface area contributed by atoms with Crippen LogP contribution in [0.2, 0.25) is 0 Å². The molecule has 10 rings (SSSR count). The lowest BCUT2D eigenvalue weighted by Crippen LogP contribution is -1.83. The molecule has 10 aromatic rings. The van der Waals surface area contributed by atoms with Crippen LogP contribution in [0.15, 0.2) is 115 Å². The Morgan fingerprint density at radius 3 is 1.85 bits per heavy atom. The van der Waals surface area contributed by atoms with Crippen LogP contribution in [0, 0.1) is 6.92 Å². The second-order valence-electron chi connectivity index (χ2n) is 9.57. The van der Waals surface area contributed by atoms with Crippen LogP contribution in [0.4, 0.5) is 0 Å². The molecule has 0 fully saturated rings. The van der Waals surface area contributed by atoms with Gasteiger partial charge in [0.25, 0.3) is 0 Å². The van der Waals surface area contributed by atoms with Gasteiger partial charge in [-0.3, -0.25) is 0 Å². The lowest BCUT2D eigenvalue weighted by molar-refractivity contribution is 1.37. The van der Waals surface area contributed by atoms with Gasteiger partial charge in [0.15, 0.2) is 0 Å². The van der Waals surface area contributed by atoms with Crippen LogP contribution in [0.3, 0.4) is 0 Å². The Hall–Kier alpha value is -5.08. The zero-order chi connectivity index (χ0) is 41.1. The number of fused-ring (bicyclic) bond motifs is 12. The average Bonchev–Trinajstić information content (AvgIpc) is 3.91. The monoisotopic (exact) mass is 512 g/mol. The van der Waals surface area contributed by atoms with Crippen molar-refractivity contribution in [1.82, 2.24) is 8.80 Å². The molecule has 0 spiro atoms. The van der Waals surface area contributed by atoms with Crippen molar-refractivity contribution in [3.8, 4) is 11.1 Å². The summed E-state index contributed by atoms with van der Waals surface area (Å²) in [5.74, 6) is 0. The molecule has 4 heterocycles. The fourth-order valence-electron chi connectivity index (χ4n) is 6.05. The number of aryl methyl sites for hydroxylation is 1.